The zero-order valence-corrected chi connectivity index (χ0v) is 12.6. The minimum absolute atomic E-state index is 0.123. The molecule has 1 atom stereocenters. The maximum absolute atomic E-state index is 12.2. The molecule has 0 saturated carbocycles. The van der Waals surface area contributed by atoms with Crippen LogP contribution < -0.4 is 5.32 Å². The monoisotopic (exact) mass is 342 g/mol. The van der Waals surface area contributed by atoms with Crippen LogP contribution in [0.15, 0.2) is 22.7 Å². The Kier molecular flexibility index (Phi) is 4.39. The van der Waals surface area contributed by atoms with Crippen LogP contribution in [0.25, 0.3) is 0 Å². The summed E-state index contributed by atoms with van der Waals surface area (Å²) in [5.74, 6) is -0.325. The van der Waals surface area contributed by atoms with Gasteiger partial charge in [-0.3, -0.25) is 14.9 Å². The molecule has 1 fully saturated rings. The van der Waals surface area contributed by atoms with E-state index in [2.05, 4.69) is 21.2 Å². The van der Waals surface area contributed by atoms with E-state index in [0.29, 0.717) is 17.7 Å². The van der Waals surface area contributed by atoms with Gasteiger partial charge in [0, 0.05) is 18.2 Å². The van der Waals surface area contributed by atoms with Crippen LogP contribution in [-0.2, 0) is 4.74 Å². The highest BCUT2D eigenvalue weighted by Gasteiger charge is 2.30. The molecule has 108 valence electrons. The van der Waals surface area contributed by atoms with Gasteiger partial charge in [-0.1, -0.05) is 0 Å². The van der Waals surface area contributed by atoms with Crippen LogP contribution in [0.4, 0.5) is 5.69 Å². The van der Waals surface area contributed by atoms with Crippen molar-refractivity contribution < 1.29 is 14.5 Å². The van der Waals surface area contributed by atoms with Crippen LogP contribution in [0.2, 0.25) is 0 Å². The van der Waals surface area contributed by atoms with Crippen LogP contribution in [0, 0.1) is 10.1 Å². The summed E-state index contributed by atoms with van der Waals surface area (Å²) >= 11 is 3.10. The van der Waals surface area contributed by atoms with E-state index in [1.54, 1.807) is 6.07 Å². The summed E-state index contributed by atoms with van der Waals surface area (Å²) in [5.41, 5.74) is -0.272. The Hall–Kier alpha value is -1.47. The highest BCUT2D eigenvalue weighted by molar-refractivity contribution is 9.10. The number of nitro benzene ring substituents is 1. The fourth-order valence-electron chi connectivity index (χ4n) is 2.17. The van der Waals surface area contributed by atoms with Crippen LogP contribution >= 0.6 is 15.9 Å². The number of carbonyl (C=O) groups excluding carboxylic acids is 1. The number of nitrogens with one attached hydrogen (secondary N) is 1. The Balaban J connectivity index is 2.17. The van der Waals surface area contributed by atoms with E-state index >= 15 is 0 Å². The van der Waals surface area contributed by atoms with E-state index in [1.807, 2.05) is 6.92 Å². The van der Waals surface area contributed by atoms with E-state index in [-0.39, 0.29) is 17.2 Å². The van der Waals surface area contributed by atoms with Gasteiger partial charge in [-0.15, -0.1) is 0 Å². The van der Waals surface area contributed by atoms with Crippen LogP contribution in [0.1, 0.15) is 30.1 Å². The van der Waals surface area contributed by atoms with Crippen LogP contribution in [0.3, 0.4) is 0 Å². The van der Waals surface area contributed by atoms with Crippen molar-refractivity contribution >= 4 is 27.5 Å². The largest absolute Gasteiger partial charge is 0.379 e. The Bertz CT molecular complexity index is 541. The first kappa shape index (κ1) is 14.9. The molecule has 0 bridgehead atoms. The first-order valence-corrected chi connectivity index (χ1v) is 7.05. The number of hydrogen-bond donors (Lipinski definition) is 1. The van der Waals surface area contributed by atoms with Gasteiger partial charge in [0.1, 0.15) is 0 Å². The molecule has 7 heteroatoms. The van der Waals surface area contributed by atoms with Crippen molar-refractivity contribution in [2.75, 3.05) is 13.2 Å². The van der Waals surface area contributed by atoms with Gasteiger partial charge in [0.05, 0.1) is 21.5 Å². The van der Waals surface area contributed by atoms with Crippen molar-refractivity contribution in [2.24, 2.45) is 0 Å². The third kappa shape index (κ3) is 3.34. The van der Waals surface area contributed by atoms with Gasteiger partial charge >= 0.3 is 0 Å². The lowest BCUT2D eigenvalue weighted by Gasteiger charge is -2.34. The average Bonchev–Trinajstić information content (AvgIpc) is 2.39. The summed E-state index contributed by atoms with van der Waals surface area (Å²) in [4.78, 5) is 22.6. The fraction of sp³-hybridized carbons (Fsp3) is 0.462. The summed E-state index contributed by atoms with van der Waals surface area (Å²) < 4.78 is 5.73. The zero-order valence-electron chi connectivity index (χ0n) is 11.0. The number of benzene rings is 1. The molecule has 0 spiro atoms. The second-order valence-electron chi connectivity index (χ2n) is 5.09. The maximum atomic E-state index is 12.2. The highest BCUT2D eigenvalue weighted by atomic mass is 79.9. The predicted octanol–water partition coefficient (Wildman–Crippen LogP) is 2.66. The van der Waals surface area contributed by atoms with Gasteiger partial charge < -0.3 is 10.1 Å². The first-order chi connectivity index (χ1) is 9.41. The van der Waals surface area contributed by atoms with Crippen LogP contribution in [-0.4, -0.2) is 29.6 Å². The molecule has 2 rings (SSSR count). The van der Waals surface area contributed by atoms with Crippen molar-refractivity contribution in [2.45, 2.75) is 25.3 Å². The van der Waals surface area contributed by atoms with Crippen molar-refractivity contribution in [3.63, 3.8) is 0 Å². The van der Waals surface area contributed by atoms with Gasteiger partial charge in [-0.05, 0) is 47.8 Å². The quantitative estimate of drug-likeness (QED) is 0.676. The van der Waals surface area contributed by atoms with Gasteiger partial charge in [0.2, 0.25) is 0 Å². The number of amides is 1. The molecular weight excluding hydrogens is 328 g/mol. The number of nitro groups is 1. The van der Waals surface area contributed by atoms with E-state index in [9.17, 15) is 14.9 Å². The first-order valence-electron chi connectivity index (χ1n) is 6.25. The smallest absolute Gasteiger partial charge is 0.284 e. The minimum atomic E-state index is -0.522. The SMILES string of the molecule is CC1(NC(=O)c2ccc(Br)c([N+](=O)[O-])c2)CCCOC1. The standard InChI is InChI=1S/C13H15BrN2O4/c1-13(5-2-6-20-8-13)15-12(17)9-3-4-10(14)11(7-9)16(18)19/h3-4,7H,2,5-6,8H2,1H3,(H,15,17). The number of halogens is 1. The Morgan fingerprint density at radius 2 is 2.30 bits per heavy atom. The molecule has 1 aliphatic heterocycles. The fourth-order valence-corrected chi connectivity index (χ4v) is 2.56. The minimum Gasteiger partial charge on any atom is -0.379 e. The highest BCUT2D eigenvalue weighted by Crippen LogP contribution is 2.26. The summed E-state index contributed by atoms with van der Waals surface area (Å²) in [6.45, 7) is 3.07. The second-order valence-corrected chi connectivity index (χ2v) is 5.95. The van der Waals surface area contributed by atoms with E-state index in [4.69, 9.17) is 4.74 Å². The molecule has 1 aromatic carbocycles. The molecule has 6 nitrogen and oxygen atoms in total. The number of rotatable bonds is 3. The molecule has 0 aliphatic carbocycles. The molecule has 1 unspecified atom stereocenters. The number of hydrogen-bond acceptors (Lipinski definition) is 4. The topological polar surface area (TPSA) is 81.5 Å². The Morgan fingerprint density at radius 1 is 1.55 bits per heavy atom. The van der Waals surface area contributed by atoms with Gasteiger partial charge in [0.25, 0.3) is 11.6 Å². The lowest BCUT2D eigenvalue weighted by Crippen LogP contribution is -2.51. The molecule has 20 heavy (non-hydrogen) atoms. The van der Waals surface area contributed by atoms with Crippen molar-refractivity contribution in [1.29, 1.82) is 0 Å². The molecule has 1 heterocycles. The summed E-state index contributed by atoms with van der Waals surface area (Å²) in [7, 11) is 0. The molecule has 1 amide bonds. The van der Waals surface area contributed by atoms with E-state index in [1.165, 1.54) is 12.1 Å². The molecule has 1 saturated heterocycles. The van der Waals surface area contributed by atoms with Gasteiger partial charge in [-0.2, -0.15) is 0 Å². The average molecular weight is 343 g/mol. The number of carbonyl (C=O) groups is 1. The lowest BCUT2D eigenvalue weighted by atomic mass is 9.94. The zero-order chi connectivity index (χ0) is 14.8. The Labute approximate surface area is 124 Å². The van der Waals surface area contributed by atoms with Gasteiger partial charge in [-0.25, -0.2) is 0 Å². The molecule has 1 aliphatic rings. The van der Waals surface area contributed by atoms with E-state index in [0.717, 1.165) is 12.8 Å². The molecular formula is C13H15BrN2O4. The maximum Gasteiger partial charge on any atom is 0.284 e. The van der Waals surface area contributed by atoms with Crippen molar-refractivity contribution in [3.05, 3.63) is 38.3 Å². The lowest BCUT2D eigenvalue weighted by molar-refractivity contribution is -0.385. The predicted molar refractivity (Wildman–Crippen MR) is 76.7 cm³/mol. The third-order valence-corrected chi connectivity index (χ3v) is 3.93. The molecule has 0 aromatic heterocycles. The van der Waals surface area contributed by atoms with Crippen molar-refractivity contribution in [3.8, 4) is 0 Å². The Morgan fingerprint density at radius 3 is 2.90 bits per heavy atom. The second kappa shape index (κ2) is 5.88. The molecule has 1 aromatic rings. The van der Waals surface area contributed by atoms with Crippen molar-refractivity contribution in [1.82, 2.24) is 5.32 Å². The normalized spacial score (nSPS) is 22.3. The summed E-state index contributed by atoms with van der Waals surface area (Å²) in [5, 5.41) is 13.8. The van der Waals surface area contributed by atoms with Crippen LogP contribution in [0.5, 0.6) is 0 Å². The number of nitrogens with zero attached hydrogens (tertiary/aromatic N) is 1. The third-order valence-electron chi connectivity index (χ3n) is 3.26. The summed E-state index contributed by atoms with van der Waals surface area (Å²) in [6, 6.07) is 4.33. The van der Waals surface area contributed by atoms with Gasteiger partial charge in [0.15, 0.2) is 0 Å². The van der Waals surface area contributed by atoms with E-state index < -0.39 is 10.5 Å². The summed E-state index contributed by atoms with van der Waals surface area (Å²) in [6.07, 6.45) is 1.72. The number of ether oxygens (including phenoxy) is 1. The molecule has 1 N–H and O–H groups in total. The molecule has 0 radical (unpaired) electrons.